The number of carbonyl (C=O) groups excluding carboxylic acids is 1. The molecule has 1 unspecified atom stereocenters. The molecule has 0 spiro atoms. The van der Waals surface area contributed by atoms with Gasteiger partial charge in [-0.25, -0.2) is 4.98 Å². The van der Waals surface area contributed by atoms with E-state index in [1.54, 1.807) is 11.3 Å². The normalized spacial score (nSPS) is 14.2. The first kappa shape index (κ1) is 21.0. The lowest BCUT2D eigenvalue weighted by molar-refractivity contribution is -0.115. The van der Waals surface area contributed by atoms with Crippen LogP contribution in [0.15, 0.2) is 64.5 Å². The first-order valence-electron chi connectivity index (χ1n) is 10.7. The van der Waals surface area contributed by atoms with Crippen LogP contribution < -0.4 is 10.9 Å². The molecule has 7 heteroatoms. The summed E-state index contributed by atoms with van der Waals surface area (Å²) in [7, 11) is 0. The molecule has 0 aliphatic heterocycles. The van der Waals surface area contributed by atoms with Crippen LogP contribution in [-0.4, -0.2) is 15.9 Å². The molecular weight excluding hydrogens is 438 g/mol. The monoisotopic (exact) mass is 461 g/mol. The van der Waals surface area contributed by atoms with E-state index in [-0.39, 0.29) is 11.5 Å². The first-order valence-corrected chi connectivity index (χ1v) is 12.4. The minimum Gasteiger partial charge on any atom is -0.325 e. The summed E-state index contributed by atoms with van der Waals surface area (Å²) in [4.78, 5) is 35.9. The number of nitrogens with one attached hydrogen (secondary N) is 2. The van der Waals surface area contributed by atoms with Gasteiger partial charge in [0.1, 0.15) is 10.1 Å². The number of anilines is 1. The predicted octanol–water partition coefficient (Wildman–Crippen LogP) is 5.64. The molecular formula is C25H23N3O2S2. The lowest BCUT2D eigenvalue weighted by Crippen LogP contribution is -2.20. The summed E-state index contributed by atoms with van der Waals surface area (Å²) in [6.45, 7) is 2.01. The van der Waals surface area contributed by atoms with Crippen LogP contribution >= 0.6 is 23.1 Å². The maximum Gasteiger partial charge on any atom is 0.260 e. The highest BCUT2D eigenvalue weighted by molar-refractivity contribution is 8.00. The average molecular weight is 462 g/mol. The largest absolute Gasteiger partial charge is 0.325 e. The van der Waals surface area contributed by atoms with Crippen molar-refractivity contribution in [3.8, 4) is 0 Å². The van der Waals surface area contributed by atoms with Crippen molar-refractivity contribution in [1.82, 2.24) is 9.97 Å². The summed E-state index contributed by atoms with van der Waals surface area (Å²) in [6, 6.07) is 17.3. The Morgan fingerprint density at radius 1 is 1.09 bits per heavy atom. The van der Waals surface area contributed by atoms with Crippen LogP contribution in [0.25, 0.3) is 10.2 Å². The van der Waals surface area contributed by atoms with E-state index < -0.39 is 5.25 Å². The molecule has 0 fully saturated rings. The van der Waals surface area contributed by atoms with Gasteiger partial charge in [-0.05, 0) is 55.9 Å². The van der Waals surface area contributed by atoms with Crippen LogP contribution in [0.3, 0.4) is 0 Å². The third kappa shape index (κ3) is 4.23. The van der Waals surface area contributed by atoms with Crippen LogP contribution in [0, 0.1) is 6.92 Å². The molecule has 0 radical (unpaired) electrons. The molecule has 4 aromatic rings. The molecule has 2 aromatic heterocycles. The number of aryl methyl sites for hydroxylation is 3. The molecule has 2 N–H and O–H groups in total. The standard InChI is InChI=1S/C25H23N3O2S2/c1-15-11-13-17(14-12-15)26-23(30)21(16-7-3-2-4-8-16)32-25-27-22(29)20-18-9-5-6-10-19(18)31-24(20)28-25/h2-4,7-8,11-14,21H,5-6,9-10H2,1H3,(H,26,30)(H,27,28,29). The Hall–Kier alpha value is -2.90. The molecule has 32 heavy (non-hydrogen) atoms. The second-order valence-electron chi connectivity index (χ2n) is 8.03. The Morgan fingerprint density at radius 2 is 1.84 bits per heavy atom. The molecule has 5 nitrogen and oxygen atoms in total. The number of carbonyl (C=O) groups is 1. The molecule has 1 amide bonds. The van der Waals surface area contributed by atoms with Gasteiger partial charge >= 0.3 is 0 Å². The summed E-state index contributed by atoms with van der Waals surface area (Å²) in [6.07, 6.45) is 4.24. The number of amides is 1. The highest BCUT2D eigenvalue weighted by Gasteiger charge is 2.25. The maximum atomic E-state index is 13.3. The summed E-state index contributed by atoms with van der Waals surface area (Å²) in [5.74, 6) is -0.154. The minimum absolute atomic E-state index is 0.109. The summed E-state index contributed by atoms with van der Waals surface area (Å²) >= 11 is 2.89. The van der Waals surface area contributed by atoms with Crippen molar-refractivity contribution < 1.29 is 4.79 Å². The molecule has 1 atom stereocenters. The van der Waals surface area contributed by atoms with Gasteiger partial charge in [0.25, 0.3) is 5.56 Å². The van der Waals surface area contributed by atoms with E-state index in [9.17, 15) is 9.59 Å². The number of fused-ring (bicyclic) bond motifs is 3. The average Bonchev–Trinajstić information content (AvgIpc) is 3.18. The van der Waals surface area contributed by atoms with Gasteiger partial charge in [0.05, 0.1) is 5.39 Å². The molecule has 0 saturated carbocycles. The predicted molar refractivity (Wildman–Crippen MR) is 132 cm³/mol. The number of rotatable bonds is 5. The fourth-order valence-electron chi connectivity index (χ4n) is 4.06. The molecule has 5 rings (SSSR count). The first-order chi connectivity index (χ1) is 15.6. The lowest BCUT2D eigenvalue weighted by Gasteiger charge is -2.16. The maximum absolute atomic E-state index is 13.3. The Balaban J connectivity index is 1.48. The van der Waals surface area contributed by atoms with Crippen molar-refractivity contribution >= 4 is 44.9 Å². The van der Waals surface area contributed by atoms with Gasteiger partial charge in [-0.3, -0.25) is 9.59 Å². The van der Waals surface area contributed by atoms with Gasteiger partial charge < -0.3 is 10.3 Å². The summed E-state index contributed by atoms with van der Waals surface area (Å²) < 4.78 is 0. The number of aromatic amines is 1. The quantitative estimate of drug-likeness (QED) is 0.298. The van der Waals surface area contributed by atoms with Gasteiger partial charge in [0.2, 0.25) is 5.91 Å². The second kappa shape index (κ2) is 8.92. The minimum atomic E-state index is -0.548. The Morgan fingerprint density at radius 3 is 2.62 bits per heavy atom. The highest BCUT2D eigenvalue weighted by atomic mass is 32.2. The van der Waals surface area contributed by atoms with Gasteiger partial charge in [-0.15, -0.1) is 11.3 Å². The number of aromatic nitrogens is 2. The van der Waals surface area contributed by atoms with Gasteiger partial charge in [-0.1, -0.05) is 59.8 Å². The number of nitrogens with zero attached hydrogens (tertiary/aromatic N) is 1. The van der Waals surface area contributed by atoms with Gasteiger partial charge in [0, 0.05) is 10.6 Å². The van der Waals surface area contributed by atoms with Crippen molar-refractivity contribution in [3.05, 3.63) is 86.5 Å². The van der Waals surface area contributed by atoms with E-state index in [0.29, 0.717) is 5.16 Å². The van der Waals surface area contributed by atoms with E-state index >= 15 is 0 Å². The van der Waals surface area contributed by atoms with Gasteiger partial charge in [0.15, 0.2) is 5.16 Å². The van der Waals surface area contributed by atoms with E-state index in [1.807, 2.05) is 61.5 Å². The van der Waals surface area contributed by atoms with Crippen LogP contribution in [0.5, 0.6) is 0 Å². The zero-order valence-corrected chi connectivity index (χ0v) is 19.3. The van der Waals surface area contributed by atoms with Crippen LogP contribution in [0.2, 0.25) is 0 Å². The van der Waals surface area contributed by atoms with Crippen molar-refractivity contribution in [2.24, 2.45) is 0 Å². The molecule has 0 bridgehead atoms. The van der Waals surface area contributed by atoms with E-state index in [2.05, 4.69) is 10.3 Å². The van der Waals surface area contributed by atoms with Crippen molar-refractivity contribution in [2.75, 3.05) is 5.32 Å². The molecule has 162 valence electrons. The zero-order valence-electron chi connectivity index (χ0n) is 17.7. The number of benzene rings is 2. The van der Waals surface area contributed by atoms with Crippen molar-refractivity contribution in [2.45, 2.75) is 43.0 Å². The van der Waals surface area contributed by atoms with E-state index in [0.717, 1.165) is 52.7 Å². The Labute approximate surface area is 194 Å². The smallest absolute Gasteiger partial charge is 0.260 e. The van der Waals surface area contributed by atoms with Gasteiger partial charge in [-0.2, -0.15) is 0 Å². The molecule has 2 aromatic carbocycles. The van der Waals surface area contributed by atoms with Crippen molar-refractivity contribution in [1.29, 1.82) is 0 Å². The fraction of sp³-hybridized carbons (Fsp3) is 0.240. The van der Waals surface area contributed by atoms with Crippen LogP contribution in [-0.2, 0) is 17.6 Å². The topological polar surface area (TPSA) is 74.8 Å². The number of H-pyrrole nitrogens is 1. The second-order valence-corrected chi connectivity index (χ2v) is 10.2. The number of thiophene rings is 1. The van der Waals surface area contributed by atoms with E-state index in [1.165, 1.54) is 22.2 Å². The number of hydrogen-bond donors (Lipinski definition) is 2. The molecule has 2 heterocycles. The summed E-state index contributed by atoms with van der Waals surface area (Å²) in [5.41, 5.74) is 3.78. The van der Waals surface area contributed by atoms with E-state index in [4.69, 9.17) is 4.98 Å². The zero-order chi connectivity index (χ0) is 22.1. The Kier molecular flexibility index (Phi) is 5.85. The summed E-state index contributed by atoms with van der Waals surface area (Å²) in [5, 5.41) is 3.65. The third-order valence-corrected chi connectivity index (χ3v) is 8.02. The van der Waals surface area contributed by atoms with Crippen LogP contribution in [0.4, 0.5) is 5.69 Å². The van der Waals surface area contributed by atoms with Crippen molar-refractivity contribution in [3.63, 3.8) is 0 Å². The molecule has 1 aliphatic rings. The third-order valence-electron chi connectivity index (χ3n) is 5.69. The molecule has 0 saturated heterocycles. The lowest BCUT2D eigenvalue weighted by atomic mass is 9.97. The number of thioether (sulfide) groups is 1. The SMILES string of the molecule is Cc1ccc(NC(=O)C(Sc2nc3sc4c(c3c(=O)[nH]2)CCCC4)c2ccccc2)cc1. The Bertz CT molecular complexity index is 1330. The fourth-order valence-corrected chi connectivity index (χ4v) is 6.35. The highest BCUT2D eigenvalue weighted by Crippen LogP contribution is 2.37. The molecule has 1 aliphatic carbocycles. The van der Waals surface area contributed by atoms with Crippen LogP contribution in [0.1, 0.15) is 39.7 Å². The number of hydrogen-bond acceptors (Lipinski definition) is 5.